The van der Waals surface area contributed by atoms with E-state index in [1.165, 1.54) is 0 Å². The Hall–Kier alpha value is -3.94. The molecule has 2 N–H and O–H groups in total. The van der Waals surface area contributed by atoms with Crippen LogP contribution in [0.5, 0.6) is 0 Å². The van der Waals surface area contributed by atoms with Gasteiger partial charge in [0.25, 0.3) is 5.91 Å². The predicted octanol–water partition coefficient (Wildman–Crippen LogP) is 3.83. The van der Waals surface area contributed by atoms with Gasteiger partial charge in [0.2, 0.25) is 5.95 Å². The SMILES string of the molecule is CNC(=O)c1ccc(C)c(Nc2nc(N3CCCC3)nc3c2cnn3-c2ccccc2)c1. The Morgan fingerprint density at radius 3 is 2.56 bits per heavy atom. The maximum atomic E-state index is 12.1. The molecule has 8 nitrogen and oxygen atoms in total. The van der Waals surface area contributed by atoms with E-state index in [9.17, 15) is 4.79 Å². The van der Waals surface area contributed by atoms with E-state index in [1.807, 2.05) is 60.1 Å². The lowest BCUT2D eigenvalue weighted by Gasteiger charge is -2.18. The highest BCUT2D eigenvalue weighted by Gasteiger charge is 2.20. The van der Waals surface area contributed by atoms with Crippen molar-refractivity contribution in [2.24, 2.45) is 0 Å². The number of nitrogens with one attached hydrogen (secondary N) is 2. The van der Waals surface area contributed by atoms with Crippen molar-refractivity contribution in [1.82, 2.24) is 25.1 Å². The zero-order chi connectivity index (χ0) is 22.1. The van der Waals surface area contributed by atoms with Gasteiger partial charge in [0.1, 0.15) is 5.82 Å². The van der Waals surface area contributed by atoms with Crippen molar-refractivity contribution in [3.05, 3.63) is 65.9 Å². The van der Waals surface area contributed by atoms with Gasteiger partial charge in [-0.05, 0) is 49.6 Å². The summed E-state index contributed by atoms with van der Waals surface area (Å²) in [6.45, 7) is 3.88. The highest BCUT2D eigenvalue weighted by Crippen LogP contribution is 2.30. The number of hydrogen-bond acceptors (Lipinski definition) is 6. The fraction of sp³-hybridized carbons (Fsp3) is 0.250. The first-order chi connectivity index (χ1) is 15.6. The molecule has 3 heterocycles. The highest BCUT2D eigenvalue weighted by atomic mass is 16.1. The maximum Gasteiger partial charge on any atom is 0.251 e. The second-order valence-electron chi connectivity index (χ2n) is 7.93. The summed E-state index contributed by atoms with van der Waals surface area (Å²) in [5.74, 6) is 1.24. The van der Waals surface area contributed by atoms with Gasteiger partial charge in [-0.25, -0.2) is 4.68 Å². The summed E-state index contributed by atoms with van der Waals surface area (Å²) in [5.41, 5.74) is 4.12. The standard InChI is InChI=1S/C24H25N7O/c1-16-10-11-17(23(32)25-2)14-20(16)27-21-19-15-26-31(18-8-4-3-5-9-18)22(19)29-24(28-21)30-12-6-7-13-30/h3-5,8-11,14-15H,6-7,12-13H2,1-2H3,(H,25,32)(H,27,28,29). The molecule has 0 atom stereocenters. The van der Waals surface area contributed by atoms with Crippen molar-refractivity contribution in [2.45, 2.75) is 19.8 Å². The van der Waals surface area contributed by atoms with Gasteiger partial charge in [-0.3, -0.25) is 4.79 Å². The van der Waals surface area contributed by atoms with Gasteiger partial charge >= 0.3 is 0 Å². The quantitative estimate of drug-likeness (QED) is 0.503. The van der Waals surface area contributed by atoms with Crippen molar-refractivity contribution in [2.75, 3.05) is 30.4 Å². The molecule has 0 unspecified atom stereocenters. The normalized spacial score (nSPS) is 13.5. The molecule has 0 aliphatic carbocycles. The van der Waals surface area contributed by atoms with Gasteiger partial charge < -0.3 is 15.5 Å². The molecule has 0 saturated carbocycles. The minimum Gasteiger partial charge on any atom is -0.355 e. The van der Waals surface area contributed by atoms with Gasteiger partial charge in [-0.15, -0.1) is 0 Å². The van der Waals surface area contributed by atoms with Crippen LogP contribution in [0.25, 0.3) is 16.7 Å². The third-order valence-corrected chi connectivity index (χ3v) is 5.79. The number of benzene rings is 2. The van der Waals surface area contributed by atoms with Crippen LogP contribution in [0.3, 0.4) is 0 Å². The molecule has 162 valence electrons. The fourth-order valence-electron chi connectivity index (χ4n) is 3.98. The van der Waals surface area contributed by atoms with Crippen LogP contribution < -0.4 is 15.5 Å². The van der Waals surface area contributed by atoms with E-state index in [0.29, 0.717) is 17.3 Å². The van der Waals surface area contributed by atoms with Crippen LogP contribution in [0.1, 0.15) is 28.8 Å². The lowest BCUT2D eigenvalue weighted by atomic mass is 10.1. The van der Waals surface area contributed by atoms with Gasteiger partial charge in [0.05, 0.1) is 17.3 Å². The van der Waals surface area contributed by atoms with Gasteiger partial charge in [-0.2, -0.15) is 15.1 Å². The second-order valence-corrected chi connectivity index (χ2v) is 7.93. The molecule has 8 heteroatoms. The molecule has 1 fully saturated rings. The van der Waals surface area contributed by atoms with Crippen molar-refractivity contribution in [3.8, 4) is 5.69 Å². The zero-order valence-corrected chi connectivity index (χ0v) is 18.2. The highest BCUT2D eigenvalue weighted by molar-refractivity contribution is 5.96. The summed E-state index contributed by atoms with van der Waals surface area (Å²) in [6.07, 6.45) is 4.06. The Kier molecular flexibility index (Phi) is 5.18. The Morgan fingerprint density at radius 1 is 1.03 bits per heavy atom. The summed E-state index contributed by atoms with van der Waals surface area (Å²) < 4.78 is 1.84. The van der Waals surface area contributed by atoms with Crippen molar-refractivity contribution in [3.63, 3.8) is 0 Å². The number of amides is 1. The molecule has 4 aromatic rings. The van der Waals surface area contributed by atoms with E-state index in [4.69, 9.17) is 9.97 Å². The molecule has 1 aliphatic heterocycles. The number of para-hydroxylation sites is 1. The van der Waals surface area contributed by atoms with E-state index in [-0.39, 0.29) is 5.91 Å². The Morgan fingerprint density at radius 2 is 1.81 bits per heavy atom. The fourth-order valence-corrected chi connectivity index (χ4v) is 3.98. The number of aryl methyl sites for hydroxylation is 1. The third-order valence-electron chi connectivity index (χ3n) is 5.79. The molecule has 0 radical (unpaired) electrons. The first-order valence-electron chi connectivity index (χ1n) is 10.8. The molecular formula is C24H25N7O. The molecule has 5 rings (SSSR count). The first kappa shape index (κ1) is 20.0. The van der Waals surface area contributed by atoms with E-state index in [0.717, 1.165) is 53.9 Å². The second kappa shape index (κ2) is 8.30. The maximum absolute atomic E-state index is 12.1. The Labute approximate surface area is 186 Å². The molecule has 0 bridgehead atoms. The number of carbonyl (C=O) groups is 1. The van der Waals surface area contributed by atoms with Gasteiger partial charge in [-0.1, -0.05) is 24.3 Å². The van der Waals surface area contributed by atoms with Gasteiger partial charge in [0, 0.05) is 31.4 Å². The summed E-state index contributed by atoms with van der Waals surface area (Å²) in [4.78, 5) is 24.1. The van der Waals surface area contributed by atoms with E-state index < -0.39 is 0 Å². The monoisotopic (exact) mass is 427 g/mol. The lowest BCUT2D eigenvalue weighted by molar-refractivity contribution is 0.0963. The number of rotatable bonds is 5. The molecule has 2 aromatic heterocycles. The number of nitrogens with zero attached hydrogens (tertiary/aromatic N) is 5. The van der Waals surface area contributed by atoms with Crippen LogP contribution in [-0.2, 0) is 0 Å². The average Bonchev–Trinajstić information content (AvgIpc) is 3.51. The predicted molar refractivity (Wildman–Crippen MR) is 126 cm³/mol. The number of carbonyl (C=O) groups excluding carboxylic acids is 1. The number of aromatic nitrogens is 4. The Bertz CT molecular complexity index is 1280. The van der Waals surface area contributed by atoms with Crippen LogP contribution in [0.4, 0.5) is 17.5 Å². The lowest BCUT2D eigenvalue weighted by Crippen LogP contribution is -2.21. The smallest absolute Gasteiger partial charge is 0.251 e. The first-order valence-corrected chi connectivity index (χ1v) is 10.8. The number of fused-ring (bicyclic) bond motifs is 1. The van der Waals surface area contributed by atoms with Crippen molar-refractivity contribution < 1.29 is 4.79 Å². The summed E-state index contributed by atoms with van der Waals surface area (Å²) in [6, 6.07) is 15.6. The topological polar surface area (TPSA) is 88.0 Å². The van der Waals surface area contributed by atoms with Crippen LogP contribution >= 0.6 is 0 Å². The Balaban J connectivity index is 1.64. The number of hydrogen-bond donors (Lipinski definition) is 2. The third kappa shape index (κ3) is 3.64. The minimum absolute atomic E-state index is 0.129. The number of anilines is 3. The zero-order valence-electron chi connectivity index (χ0n) is 18.2. The largest absolute Gasteiger partial charge is 0.355 e. The van der Waals surface area contributed by atoms with Crippen molar-refractivity contribution in [1.29, 1.82) is 0 Å². The molecule has 1 saturated heterocycles. The molecule has 0 spiro atoms. The molecular weight excluding hydrogens is 402 g/mol. The van der Waals surface area contributed by atoms with Gasteiger partial charge in [0.15, 0.2) is 5.65 Å². The van der Waals surface area contributed by atoms with Crippen molar-refractivity contribution >= 4 is 34.4 Å². The molecule has 2 aromatic carbocycles. The summed E-state index contributed by atoms with van der Waals surface area (Å²) >= 11 is 0. The van der Waals surface area contributed by atoms with Crippen LogP contribution in [0.2, 0.25) is 0 Å². The van der Waals surface area contributed by atoms with Crippen LogP contribution in [-0.4, -0.2) is 45.8 Å². The average molecular weight is 428 g/mol. The van der Waals surface area contributed by atoms with Crippen LogP contribution in [0.15, 0.2) is 54.7 Å². The molecule has 1 aliphatic rings. The van der Waals surface area contributed by atoms with Crippen LogP contribution in [0, 0.1) is 6.92 Å². The minimum atomic E-state index is -0.129. The molecule has 32 heavy (non-hydrogen) atoms. The van der Waals surface area contributed by atoms with E-state index in [2.05, 4.69) is 20.6 Å². The molecule has 1 amide bonds. The summed E-state index contributed by atoms with van der Waals surface area (Å²) in [5, 5.41) is 11.6. The van der Waals surface area contributed by atoms with E-state index >= 15 is 0 Å². The van der Waals surface area contributed by atoms with E-state index in [1.54, 1.807) is 13.2 Å². The summed E-state index contributed by atoms with van der Waals surface area (Å²) in [7, 11) is 1.63.